The first-order chi connectivity index (χ1) is 15.0. The Kier molecular flexibility index (Phi) is 11.4. The summed E-state index contributed by atoms with van der Waals surface area (Å²) >= 11 is 0. The number of amides is 1. The van der Waals surface area contributed by atoms with E-state index in [9.17, 15) is 14.7 Å². The van der Waals surface area contributed by atoms with Crippen molar-refractivity contribution in [1.29, 1.82) is 0 Å². The van der Waals surface area contributed by atoms with E-state index in [-0.39, 0.29) is 30.4 Å². The Bertz CT molecular complexity index is 688. The lowest BCUT2D eigenvalue weighted by Crippen LogP contribution is -2.34. The van der Waals surface area contributed by atoms with Crippen LogP contribution in [-0.2, 0) is 16.0 Å². The largest absolute Gasteiger partial charge is 0.481 e. The fraction of sp³-hybridized carbons (Fsp3) is 0.615. The van der Waals surface area contributed by atoms with Crippen LogP contribution in [0.4, 0.5) is 0 Å². The molecule has 1 aromatic carbocycles. The van der Waals surface area contributed by atoms with Gasteiger partial charge in [0, 0.05) is 25.4 Å². The van der Waals surface area contributed by atoms with Crippen LogP contribution in [0.25, 0.3) is 0 Å². The van der Waals surface area contributed by atoms with Gasteiger partial charge in [-0.05, 0) is 62.8 Å². The van der Waals surface area contributed by atoms with Gasteiger partial charge in [0.2, 0.25) is 5.91 Å². The molecule has 1 heterocycles. The zero-order chi connectivity index (χ0) is 22.5. The van der Waals surface area contributed by atoms with E-state index in [1.807, 2.05) is 23.1 Å². The van der Waals surface area contributed by atoms with Crippen molar-refractivity contribution >= 4 is 11.9 Å². The molecule has 31 heavy (non-hydrogen) atoms. The molecular formula is C26H39NO4. The van der Waals surface area contributed by atoms with Crippen molar-refractivity contribution in [2.24, 2.45) is 5.92 Å². The molecule has 1 fully saturated rings. The van der Waals surface area contributed by atoms with Gasteiger partial charge in [0.1, 0.15) is 0 Å². The fourth-order valence-corrected chi connectivity index (χ4v) is 4.30. The number of aliphatic hydroxyl groups excluding tert-OH is 1. The van der Waals surface area contributed by atoms with Gasteiger partial charge in [0.25, 0.3) is 0 Å². The fourth-order valence-electron chi connectivity index (χ4n) is 4.30. The van der Waals surface area contributed by atoms with Crippen molar-refractivity contribution in [1.82, 2.24) is 4.90 Å². The number of carbonyl (C=O) groups excluding carboxylic acids is 1. The molecule has 0 bridgehead atoms. The summed E-state index contributed by atoms with van der Waals surface area (Å²) in [5.41, 5.74) is 1.37. The van der Waals surface area contributed by atoms with Crippen molar-refractivity contribution in [3.05, 3.63) is 48.0 Å². The van der Waals surface area contributed by atoms with Gasteiger partial charge >= 0.3 is 5.97 Å². The average molecular weight is 430 g/mol. The summed E-state index contributed by atoms with van der Waals surface area (Å²) in [5.74, 6) is -0.314. The molecule has 5 heteroatoms. The van der Waals surface area contributed by atoms with Crippen LogP contribution in [0.1, 0.15) is 76.7 Å². The molecule has 1 aliphatic rings. The zero-order valence-electron chi connectivity index (χ0n) is 18.9. The Morgan fingerprint density at radius 3 is 2.68 bits per heavy atom. The maximum Gasteiger partial charge on any atom is 0.303 e. The number of carboxylic acids is 1. The van der Waals surface area contributed by atoms with Crippen molar-refractivity contribution in [2.75, 3.05) is 6.54 Å². The number of likely N-dealkylation sites (tertiary alicyclic amines) is 1. The third-order valence-electron chi connectivity index (χ3n) is 6.35. The number of hydrogen-bond donors (Lipinski definition) is 2. The molecular weight excluding hydrogens is 390 g/mol. The van der Waals surface area contributed by atoms with Crippen molar-refractivity contribution in [3.8, 4) is 0 Å². The highest BCUT2D eigenvalue weighted by atomic mass is 16.4. The highest BCUT2D eigenvalue weighted by Gasteiger charge is 2.30. The van der Waals surface area contributed by atoms with E-state index in [1.54, 1.807) is 0 Å². The molecule has 0 unspecified atom stereocenters. The molecule has 0 aromatic heterocycles. The molecule has 0 aliphatic carbocycles. The highest BCUT2D eigenvalue weighted by Crippen LogP contribution is 2.25. The third-order valence-corrected chi connectivity index (χ3v) is 6.35. The van der Waals surface area contributed by atoms with Gasteiger partial charge in [-0.1, -0.05) is 55.8 Å². The number of carboxylic acid groups (broad SMARTS) is 1. The Morgan fingerprint density at radius 1 is 1.16 bits per heavy atom. The molecule has 1 saturated heterocycles. The first-order valence-electron chi connectivity index (χ1n) is 11.9. The number of allylic oxidation sites excluding steroid dienone is 1. The normalized spacial score (nSPS) is 18.6. The third kappa shape index (κ3) is 9.69. The van der Waals surface area contributed by atoms with Gasteiger partial charge in [0.15, 0.2) is 0 Å². The minimum absolute atomic E-state index is 0.179. The second-order valence-corrected chi connectivity index (χ2v) is 8.85. The summed E-state index contributed by atoms with van der Waals surface area (Å²) in [4.78, 5) is 24.7. The van der Waals surface area contributed by atoms with E-state index in [1.165, 1.54) is 5.56 Å². The van der Waals surface area contributed by atoms with Crippen LogP contribution in [0, 0.1) is 5.92 Å². The van der Waals surface area contributed by atoms with Gasteiger partial charge in [-0.2, -0.15) is 0 Å². The van der Waals surface area contributed by atoms with E-state index >= 15 is 0 Å². The topological polar surface area (TPSA) is 77.8 Å². The lowest BCUT2D eigenvalue weighted by Gasteiger charge is -2.26. The highest BCUT2D eigenvalue weighted by molar-refractivity contribution is 5.78. The van der Waals surface area contributed by atoms with E-state index < -0.39 is 5.97 Å². The number of aliphatic hydroxyl groups is 1. The summed E-state index contributed by atoms with van der Waals surface area (Å²) in [5, 5.41) is 19.3. The van der Waals surface area contributed by atoms with Crippen LogP contribution in [0.5, 0.6) is 0 Å². The molecule has 0 spiro atoms. The van der Waals surface area contributed by atoms with Crippen molar-refractivity contribution in [2.45, 2.75) is 89.7 Å². The van der Waals surface area contributed by atoms with E-state index in [0.717, 1.165) is 51.4 Å². The van der Waals surface area contributed by atoms with Crippen LogP contribution in [0.3, 0.4) is 0 Å². The van der Waals surface area contributed by atoms with Gasteiger partial charge < -0.3 is 15.1 Å². The van der Waals surface area contributed by atoms with E-state index in [2.05, 4.69) is 31.2 Å². The van der Waals surface area contributed by atoms with Gasteiger partial charge in [0.05, 0.1) is 6.10 Å². The monoisotopic (exact) mass is 429 g/mol. The number of hydrogen-bond acceptors (Lipinski definition) is 3. The van der Waals surface area contributed by atoms with Gasteiger partial charge in [-0.25, -0.2) is 0 Å². The van der Waals surface area contributed by atoms with E-state index in [0.29, 0.717) is 19.4 Å². The number of nitrogens with zero attached hydrogens (tertiary/aromatic N) is 1. The number of carbonyl (C=O) groups is 2. The number of aryl methyl sites for hydroxylation is 1. The predicted octanol–water partition coefficient (Wildman–Crippen LogP) is 4.98. The molecule has 1 amide bonds. The Balaban J connectivity index is 1.64. The number of unbranched alkanes of at least 4 members (excludes halogenated alkanes) is 2. The summed E-state index contributed by atoms with van der Waals surface area (Å²) in [7, 11) is 0. The summed E-state index contributed by atoms with van der Waals surface area (Å²) < 4.78 is 0. The molecule has 0 saturated carbocycles. The second kappa shape index (κ2) is 14.0. The predicted molar refractivity (Wildman–Crippen MR) is 124 cm³/mol. The number of benzene rings is 1. The Morgan fingerprint density at radius 2 is 1.94 bits per heavy atom. The number of rotatable bonds is 15. The molecule has 172 valence electrons. The lowest BCUT2D eigenvalue weighted by molar-refractivity contribution is -0.137. The zero-order valence-corrected chi connectivity index (χ0v) is 18.9. The SMILES string of the molecule is C[C@@H](CCCCc1ccccc1)[C@H](O)CC[C@H]1CCC(=O)N1C/C=C\CCCC(=O)O. The van der Waals surface area contributed by atoms with Crippen LogP contribution in [-0.4, -0.2) is 45.7 Å². The minimum Gasteiger partial charge on any atom is -0.481 e. The maximum atomic E-state index is 12.2. The quantitative estimate of drug-likeness (QED) is 0.304. The van der Waals surface area contributed by atoms with Crippen LogP contribution < -0.4 is 0 Å². The molecule has 2 rings (SSSR count). The van der Waals surface area contributed by atoms with Gasteiger partial charge in [-0.15, -0.1) is 0 Å². The minimum atomic E-state index is -0.771. The first kappa shape index (κ1) is 25.1. The maximum absolute atomic E-state index is 12.2. The van der Waals surface area contributed by atoms with Crippen molar-refractivity contribution < 1.29 is 19.8 Å². The summed E-state index contributed by atoms with van der Waals surface area (Å²) in [6, 6.07) is 10.7. The first-order valence-corrected chi connectivity index (χ1v) is 11.9. The van der Waals surface area contributed by atoms with E-state index in [4.69, 9.17) is 5.11 Å². The lowest BCUT2D eigenvalue weighted by atomic mass is 9.92. The molecule has 1 aromatic rings. The Hall–Kier alpha value is -2.14. The molecule has 0 radical (unpaired) electrons. The molecule has 1 aliphatic heterocycles. The molecule has 3 atom stereocenters. The van der Waals surface area contributed by atoms with Crippen LogP contribution in [0.2, 0.25) is 0 Å². The number of aliphatic carboxylic acids is 1. The summed E-state index contributed by atoms with van der Waals surface area (Å²) in [6.07, 6.45) is 12.6. The average Bonchev–Trinajstić information content (AvgIpc) is 3.11. The molecule has 2 N–H and O–H groups in total. The van der Waals surface area contributed by atoms with Crippen LogP contribution >= 0.6 is 0 Å². The van der Waals surface area contributed by atoms with Crippen molar-refractivity contribution in [3.63, 3.8) is 0 Å². The standard InChI is InChI=1S/C26H39NO4/c1-21(11-8-9-14-22-12-5-4-6-13-22)24(28)18-16-23-17-19-25(29)27(23)20-10-3-2-7-15-26(30)31/h3-6,10,12-13,21,23-24,28H,2,7-9,11,14-20H2,1H3,(H,30,31)/b10-3-/t21-,23-,24+/m0/s1. The molecule has 5 nitrogen and oxygen atoms in total. The van der Waals surface area contributed by atoms with Crippen LogP contribution in [0.15, 0.2) is 42.5 Å². The smallest absolute Gasteiger partial charge is 0.303 e. The van der Waals surface area contributed by atoms with Gasteiger partial charge in [-0.3, -0.25) is 9.59 Å². The summed E-state index contributed by atoms with van der Waals surface area (Å²) in [6.45, 7) is 2.71. The second-order valence-electron chi connectivity index (χ2n) is 8.85. The Labute approximate surface area is 187 Å².